The summed E-state index contributed by atoms with van der Waals surface area (Å²) >= 11 is 0. The van der Waals surface area contributed by atoms with Gasteiger partial charge in [0, 0.05) is 27.2 Å². The number of urea groups is 2. The Hall–Kier alpha value is -5.04. The molecule has 18 heteroatoms. The van der Waals surface area contributed by atoms with Crippen molar-refractivity contribution in [2.24, 2.45) is 14.1 Å². The highest BCUT2D eigenvalue weighted by molar-refractivity contribution is 5.88. The molecule has 49 heavy (non-hydrogen) atoms. The summed E-state index contributed by atoms with van der Waals surface area (Å²) in [6, 6.07) is 7.49. The molecular formula is C31H40N10O8. The Morgan fingerprint density at radius 2 is 1.31 bits per heavy atom. The fraction of sp³-hybridized carbons (Fsp3) is 0.484. The van der Waals surface area contributed by atoms with E-state index in [0.29, 0.717) is 50.4 Å². The number of benzene rings is 1. The van der Waals surface area contributed by atoms with Crippen LogP contribution >= 0.6 is 0 Å². The summed E-state index contributed by atoms with van der Waals surface area (Å²) in [4.78, 5) is 76.2. The maximum Gasteiger partial charge on any atom is 0.345 e. The van der Waals surface area contributed by atoms with Crippen LogP contribution in [-0.2, 0) is 58.0 Å². The Bertz CT molecular complexity index is 1630. The van der Waals surface area contributed by atoms with E-state index < -0.39 is 18.1 Å². The third kappa shape index (κ3) is 7.51. The van der Waals surface area contributed by atoms with Gasteiger partial charge in [-0.3, -0.25) is 29.3 Å². The molecular weight excluding hydrogens is 640 g/mol. The highest BCUT2D eigenvalue weighted by atomic mass is 16.7. The van der Waals surface area contributed by atoms with Crippen molar-refractivity contribution < 1.29 is 38.9 Å². The molecule has 262 valence electrons. The molecule has 4 aliphatic heterocycles. The summed E-state index contributed by atoms with van der Waals surface area (Å²) in [7, 11) is 3.68. The number of imidazole rings is 2. The van der Waals surface area contributed by atoms with Gasteiger partial charge in [0.15, 0.2) is 0 Å². The average Bonchev–Trinajstić information content (AvgIpc) is 3.84. The van der Waals surface area contributed by atoms with Gasteiger partial charge >= 0.3 is 12.1 Å². The first-order valence-electron chi connectivity index (χ1n) is 16.0. The van der Waals surface area contributed by atoms with Crippen molar-refractivity contribution in [3.63, 3.8) is 0 Å². The zero-order valence-corrected chi connectivity index (χ0v) is 27.3. The van der Waals surface area contributed by atoms with Crippen LogP contribution in [0.25, 0.3) is 0 Å². The molecule has 4 bridgehead atoms. The number of hydrogen-bond acceptors (Lipinski definition) is 10. The number of aromatic nitrogens is 4. The predicted octanol–water partition coefficient (Wildman–Crippen LogP) is 0.994. The molecule has 3 aromatic rings. The molecule has 0 saturated carbocycles. The lowest BCUT2D eigenvalue weighted by Gasteiger charge is -2.28. The molecule has 6 heterocycles. The summed E-state index contributed by atoms with van der Waals surface area (Å²) in [5.74, 6) is -0.696. The Morgan fingerprint density at radius 1 is 0.776 bits per heavy atom. The number of aryl methyl sites for hydroxylation is 2. The van der Waals surface area contributed by atoms with E-state index in [4.69, 9.17) is 14.5 Å². The van der Waals surface area contributed by atoms with Crippen LogP contribution in [0, 0.1) is 0 Å². The first kappa shape index (κ1) is 33.8. The Labute approximate surface area is 281 Å². The van der Waals surface area contributed by atoms with E-state index >= 15 is 0 Å². The lowest BCUT2D eigenvalue weighted by molar-refractivity contribution is -0.141. The minimum Gasteiger partial charge on any atom is -0.336 e. The highest BCUT2D eigenvalue weighted by Gasteiger charge is 2.48. The number of hydroxylamine groups is 6. The lowest BCUT2D eigenvalue weighted by atomic mass is 10.0. The van der Waals surface area contributed by atoms with E-state index in [0.717, 1.165) is 17.0 Å². The number of nitrogens with zero attached hydrogens (tertiary/aromatic N) is 8. The van der Waals surface area contributed by atoms with Gasteiger partial charge < -0.3 is 18.9 Å². The first-order valence-corrected chi connectivity index (χ1v) is 16.0. The highest BCUT2D eigenvalue weighted by Crippen LogP contribution is 2.31. The number of carbonyl (C=O) groups excluding carboxylic acids is 4. The van der Waals surface area contributed by atoms with E-state index in [-0.39, 0.29) is 43.1 Å². The van der Waals surface area contributed by atoms with E-state index in [9.17, 15) is 24.4 Å². The largest absolute Gasteiger partial charge is 0.345 e. The standard InChI is InChI=1S/C19H23N5O4.C12H17N5O4/c1-22-13-20-9-16(22)12-27-21-18(25)17-8-7-15-10-23(17)19(26)24(15)28-11-14-5-3-2-4-6-14;1-15-7-13-4-9(15)6-21-14-11(18)10-3-2-8-5-16(10)12(19)17(8)20/h2-6,9,13,15,17H,7-8,10-12H2,1H3,(H,21,25);4,7-8,10,20H,2-3,5-6H2,1H3,(H,14,18)/t15-,17+;8-,10+/m11/s1. The second kappa shape index (κ2) is 15.0. The summed E-state index contributed by atoms with van der Waals surface area (Å²) < 4.78 is 3.59. The van der Waals surface area contributed by atoms with E-state index in [1.165, 1.54) is 9.96 Å². The minimum atomic E-state index is -0.600. The summed E-state index contributed by atoms with van der Waals surface area (Å²) in [5.41, 5.74) is 7.47. The van der Waals surface area contributed by atoms with Gasteiger partial charge in [0.05, 0.1) is 48.5 Å². The number of carbonyl (C=O) groups is 4. The van der Waals surface area contributed by atoms with E-state index in [1.807, 2.05) is 49.0 Å². The Kier molecular flexibility index (Phi) is 10.4. The maximum absolute atomic E-state index is 12.7. The zero-order valence-electron chi connectivity index (χ0n) is 27.3. The molecule has 4 fully saturated rings. The monoisotopic (exact) mass is 680 g/mol. The van der Waals surface area contributed by atoms with Crippen LogP contribution in [0.15, 0.2) is 55.4 Å². The SMILES string of the molecule is Cn1cncc1CONC(=O)[C@@H]1CC[C@@H]2CN1C(=O)N2O.Cn1cncc1CONC(=O)[C@@H]1CC[C@@H]2CN1C(=O)N2OCc1ccccc1. The van der Waals surface area contributed by atoms with Crippen LogP contribution in [0.1, 0.15) is 42.6 Å². The molecule has 18 nitrogen and oxygen atoms in total. The van der Waals surface area contributed by atoms with Crippen LogP contribution in [0.4, 0.5) is 9.59 Å². The van der Waals surface area contributed by atoms with Crippen molar-refractivity contribution in [1.82, 2.24) is 50.0 Å². The fourth-order valence-corrected chi connectivity index (χ4v) is 6.26. The minimum absolute atomic E-state index is 0.0318. The first-order chi connectivity index (χ1) is 23.7. The van der Waals surface area contributed by atoms with Gasteiger partial charge in [0.25, 0.3) is 11.8 Å². The van der Waals surface area contributed by atoms with Gasteiger partial charge in [-0.05, 0) is 31.2 Å². The lowest BCUT2D eigenvalue weighted by Crippen LogP contribution is -2.49. The summed E-state index contributed by atoms with van der Waals surface area (Å²) in [6.45, 7) is 1.57. The number of rotatable bonds is 11. The van der Waals surface area contributed by atoms with Gasteiger partial charge in [-0.1, -0.05) is 30.3 Å². The number of amides is 6. The van der Waals surface area contributed by atoms with Crippen LogP contribution < -0.4 is 11.0 Å². The van der Waals surface area contributed by atoms with Crippen molar-refractivity contribution in [3.05, 3.63) is 72.3 Å². The number of nitrogens with one attached hydrogen (secondary N) is 2. The van der Waals surface area contributed by atoms with Crippen molar-refractivity contribution in [1.29, 1.82) is 0 Å². The van der Waals surface area contributed by atoms with Gasteiger partial charge in [-0.2, -0.15) is 5.06 Å². The predicted molar refractivity (Wildman–Crippen MR) is 167 cm³/mol. The third-order valence-electron chi connectivity index (χ3n) is 9.10. The topological polar surface area (TPSA) is 189 Å². The Morgan fingerprint density at radius 3 is 1.86 bits per heavy atom. The quantitative estimate of drug-likeness (QED) is 0.195. The average molecular weight is 681 g/mol. The van der Waals surface area contributed by atoms with E-state index in [1.54, 1.807) is 34.5 Å². The Balaban J connectivity index is 0.000000177. The second-order valence-corrected chi connectivity index (χ2v) is 12.3. The molecule has 2 aromatic heterocycles. The molecule has 7 rings (SSSR count). The number of fused-ring (bicyclic) bond motifs is 4. The van der Waals surface area contributed by atoms with Gasteiger partial charge in [0.1, 0.15) is 31.9 Å². The van der Waals surface area contributed by atoms with Crippen LogP contribution in [0.2, 0.25) is 0 Å². The van der Waals surface area contributed by atoms with Crippen LogP contribution in [-0.4, -0.2) is 105 Å². The maximum atomic E-state index is 12.7. The molecule has 4 atom stereocenters. The molecule has 0 spiro atoms. The molecule has 0 aliphatic carbocycles. The van der Waals surface area contributed by atoms with Crippen molar-refractivity contribution >= 4 is 23.9 Å². The molecule has 3 N–H and O–H groups in total. The fourth-order valence-electron chi connectivity index (χ4n) is 6.26. The second-order valence-electron chi connectivity index (χ2n) is 12.3. The van der Waals surface area contributed by atoms with Gasteiger partial charge in [-0.15, -0.1) is 0 Å². The van der Waals surface area contributed by atoms with Crippen molar-refractivity contribution in [3.8, 4) is 0 Å². The summed E-state index contributed by atoms with van der Waals surface area (Å²) in [5, 5.41) is 11.7. The van der Waals surface area contributed by atoms with Gasteiger partial charge in [-0.25, -0.2) is 35.6 Å². The molecule has 0 radical (unpaired) electrons. The summed E-state index contributed by atoms with van der Waals surface area (Å²) in [6.07, 6.45) is 9.00. The normalized spacial score (nSPS) is 22.7. The van der Waals surface area contributed by atoms with Crippen LogP contribution in [0.5, 0.6) is 0 Å². The molecule has 4 saturated heterocycles. The van der Waals surface area contributed by atoms with Crippen molar-refractivity contribution in [2.75, 3.05) is 13.1 Å². The third-order valence-corrected chi connectivity index (χ3v) is 9.10. The number of piperidine rings is 2. The molecule has 6 amide bonds. The smallest absolute Gasteiger partial charge is 0.336 e. The molecule has 4 aliphatic rings. The van der Waals surface area contributed by atoms with Crippen molar-refractivity contribution in [2.45, 2.75) is 69.7 Å². The molecule has 1 aromatic carbocycles. The zero-order chi connectivity index (χ0) is 34.5. The van der Waals surface area contributed by atoms with Gasteiger partial charge in [0.2, 0.25) is 0 Å². The number of hydrogen-bond donors (Lipinski definition) is 3. The van der Waals surface area contributed by atoms with Crippen LogP contribution in [0.3, 0.4) is 0 Å². The van der Waals surface area contributed by atoms with E-state index in [2.05, 4.69) is 20.9 Å². The molecule has 0 unspecified atom stereocenters.